The number of sulfonamides is 1. The largest absolute Gasteiger partial charge is 0.395 e. The third kappa shape index (κ3) is 2.70. The highest BCUT2D eigenvalue weighted by Crippen LogP contribution is 2.16. The molecule has 0 unspecified atom stereocenters. The van der Waals surface area contributed by atoms with E-state index in [0.29, 0.717) is 5.69 Å². The third-order valence-corrected chi connectivity index (χ3v) is 4.02. The van der Waals surface area contributed by atoms with Crippen LogP contribution in [0.4, 0.5) is 5.69 Å². The lowest BCUT2D eigenvalue weighted by molar-refractivity contribution is 0.266. The van der Waals surface area contributed by atoms with Crippen molar-refractivity contribution < 1.29 is 13.5 Å². The number of hydrogen-bond donors (Lipinski definition) is 3. The van der Waals surface area contributed by atoms with Crippen molar-refractivity contribution in [2.45, 2.75) is 4.90 Å². The Hall–Kier alpha value is -1.15. The number of benzene rings is 1. The van der Waals surface area contributed by atoms with Gasteiger partial charge in [-0.15, -0.1) is 0 Å². The van der Waals surface area contributed by atoms with E-state index in [1.807, 2.05) is 0 Å². The molecule has 7 heteroatoms. The van der Waals surface area contributed by atoms with Gasteiger partial charge >= 0.3 is 0 Å². The van der Waals surface area contributed by atoms with Crippen molar-refractivity contribution in [3.05, 3.63) is 24.3 Å². The lowest BCUT2D eigenvalue weighted by Gasteiger charge is -2.15. The molecule has 0 heterocycles. The number of aliphatic hydroxyl groups is 1. The molecule has 0 aliphatic carbocycles. The minimum absolute atomic E-state index is 0.0687. The number of nitrogens with zero attached hydrogens (tertiary/aromatic N) is 1. The lowest BCUT2D eigenvalue weighted by Crippen LogP contribution is -2.29. The predicted octanol–water partition coefficient (Wildman–Crippen LogP) is -0.415. The van der Waals surface area contributed by atoms with Crippen LogP contribution in [0.25, 0.3) is 0 Å². The van der Waals surface area contributed by atoms with Gasteiger partial charge in [-0.3, -0.25) is 5.84 Å². The third-order valence-electron chi connectivity index (χ3n) is 2.14. The van der Waals surface area contributed by atoms with Crippen LogP contribution in [-0.2, 0) is 10.0 Å². The number of hydrazine groups is 1. The van der Waals surface area contributed by atoms with Crippen LogP contribution in [0, 0.1) is 0 Å². The molecular weight excluding hydrogens is 230 g/mol. The molecule has 90 valence electrons. The first-order chi connectivity index (χ1) is 7.52. The van der Waals surface area contributed by atoms with Crippen LogP contribution < -0.4 is 11.3 Å². The zero-order valence-electron chi connectivity index (χ0n) is 8.92. The van der Waals surface area contributed by atoms with Gasteiger partial charge in [0.2, 0.25) is 10.0 Å². The average molecular weight is 245 g/mol. The molecule has 4 N–H and O–H groups in total. The second kappa shape index (κ2) is 5.26. The Kier molecular flexibility index (Phi) is 4.25. The monoisotopic (exact) mass is 245 g/mol. The van der Waals surface area contributed by atoms with Crippen LogP contribution in [0.1, 0.15) is 0 Å². The smallest absolute Gasteiger partial charge is 0.242 e. The number of rotatable bonds is 5. The molecule has 0 spiro atoms. The normalized spacial score (nSPS) is 11.8. The molecule has 0 amide bonds. The molecule has 1 aromatic carbocycles. The van der Waals surface area contributed by atoms with Crippen molar-refractivity contribution in [3.63, 3.8) is 0 Å². The summed E-state index contributed by atoms with van der Waals surface area (Å²) in [6.45, 7) is -0.141. The maximum atomic E-state index is 11.9. The molecular formula is C9H15N3O3S. The number of nitrogen functional groups attached to an aromatic ring is 1. The average Bonchev–Trinajstić information content (AvgIpc) is 2.29. The highest BCUT2D eigenvalue weighted by molar-refractivity contribution is 7.89. The zero-order valence-corrected chi connectivity index (χ0v) is 9.74. The SMILES string of the molecule is CN(CCO)S(=O)(=O)c1ccc(NN)cc1. The number of nitrogens with one attached hydrogen (secondary N) is 1. The Morgan fingerprint density at radius 1 is 1.38 bits per heavy atom. The van der Waals surface area contributed by atoms with Crippen LogP contribution in [0.5, 0.6) is 0 Å². The van der Waals surface area contributed by atoms with Gasteiger partial charge in [0.05, 0.1) is 11.5 Å². The summed E-state index contributed by atoms with van der Waals surface area (Å²) in [7, 11) is -2.10. The van der Waals surface area contributed by atoms with Gasteiger partial charge < -0.3 is 10.5 Å². The maximum Gasteiger partial charge on any atom is 0.242 e. The Morgan fingerprint density at radius 2 is 1.94 bits per heavy atom. The van der Waals surface area contributed by atoms with Crippen molar-refractivity contribution >= 4 is 15.7 Å². The fourth-order valence-corrected chi connectivity index (χ4v) is 2.33. The van der Waals surface area contributed by atoms with Crippen LogP contribution in [0.15, 0.2) is 29.2 Å². The summed E-state index contributed by atoms with van der Waals surface area (Å²) in [5, 5.41) is 8.70. The molecule has 0 aliphatic heterocycles. The van der Waals surface area contributed by atoms with Crippen molar-refractivity contribution in [1.29, 1.82) is 0 Å². The van der Waals surface area contributed by atoms with E-state index in [2.05, 4.69) is 5.43 Å². The van der Waals surface area contributed by atoms with Crippen molar-refractivity contribution in [2.24, 2.45) is 5.84 Å². The number of anilines is 1. The summed E-state index contributed by atoms with van der Waals surface area (Å²) in [4.78, 5) is 0.169. The highest BCUT2D eigenvalue weighted by atomic mass is 32.2. The number of nitrogens with two attached hydrogens (primary N) is 1. The molecule has 0 saturated heterocycles. The first-order valence-corrected chi connectivity index (χ1v) is 6.10. The molecule has 0 aromatic heterocycles. The van der Waals surface area contributed by atoms with E-state index in [1.165, 1.54) is 19.2 Å². The highest BCUT2D eigenvalue weighted by Gasteiger charge is 2.19. The summed E-state index contributed by atoms with van der Waals surface area (Å²) in [5.74, 6) is 5.17. The van der Waals surface area contributed by atoms with Gasteiger partial charge in [0.1, 0.15) is 0 Å². The van der Waals surface area contributed by atoms with E-state index in [1.54, 1.807) is 12.1 Å². The van der Waals surface area contributed by atoms with Crippen molar-refractivity contribution in [1.82, 2.24) is 4.31 Å². The first kappa shape index (κ1) is 12.9. The van der Waals surface area contributed by atoms with E-state index in [-0.39, 0.29) is 18.0 Å². The molecule has 1 aromatic rings. The number of hydrogen-bond acceptors (Lipinski definition) is 5. The van der Waals surface area contributed by atoms with E-state index in [9.17, 15) is 8.42 Å². The molecule has 0 atom stereocenters. The maximum absolute atomic E-state index is 11.9. The minimum Gasteiger partial charge on any atom is -0.395 e. The Bertz CT molecular complexity index is 430. The minimum atomic E-state index is -3.52. The fraction of sp³-hybridized carbons (Fsp3) is 0.333. The molecule has 0 aliphatic rings. The Balaban J connectivity index is 2.98. The van der Waals surface area contributed by atoms with Crippen LogP contribution >= 0.6 is 0 Å². The summed E-state index contributed by atoms with van der Waals surface area (Å²) >= 11 is 0. The Morgan fingerprint density at radius 3 is 2.38 bits per heavy atom. The molecule has 6 nitrogen and oxygen atoms in total. The molecule has 16 heavy (non-hydrogen) atoms. The summed E-state index contributed by atoms with van der Waals surface area (Å²) in [5.41, 5.74) is 3.04. The molecule has 0 saturated carbocycles. The second-order valence-electron chi connectivity index (χ2n) is 3.22. The molecule has 0 radical (unpaired) electrons. The summed E-state index contributed by atoms with van der Waals surface area (Å²) in [6, 6.07) is 6.05. The van der Waals surface area contributed by atoms with Gasteiger partial charge in [0.25, 0.3) is 0 Å². The standard InChI is InChI=1S/C9H15N3O3S/c1-12(6-7-13)16(14,15)9-4-2-8(11-10)3-5-9/h2-5,11,13H,6-7,10H2,1H3. The van der Waals surface area contributed by atoms with Crippen molar-refractivity contribution in [3.8, 4) is 0 Å². The van der Waals surface area contributed by atoms with Crippen LogP contribution in [0.2, 0.25) is 0 Å². The van der Waals surface area contributed by atoms with E-state index < -0.39 is 10.0 Å². The quantitative estimate of drug-likeness (QED) is 0.484. The van der Waals surface area contributed by atoms with Gasteiger partial charge in [-0.25, -0.2) is 8.42 Å². The molecule has 0 fully saturated rings. The predicted molar refractivity (Wildman–Crippen MR) is 61.2 cm³/mol. The van der Waals surface area contributed by atoms with Crippen LogP contribution in [-0.4, -0.2) is 38.0 Å². The first-order valence-electron chi connectivity index (χ1n) is 4.66. The molecule has 1 rings (SSSR count). The van der Waals surface area contributed by atoms with Gasteiger partial charge in [-0.2, -0.15) is 4.31 Å². The van der Waals surface area contributed by atoms with Gasteiger partial charge in [-0.05, 0) is 24.3 Å². The molecule has 0 bridgehead atoms. The van der Waals surface area contributed by atoms with E-state index >= 15 is 0 Å². The topological polar surface area (TPSA) is 95.7 Å². The summed E-state index contributed by atoms with van der Waals surface area (Å²) in [6.07, 6.45) is 0. The van der Waals surface area contributed by atoms with Gasteiger partial charge in [-0.1, -0.05) is 0 Å². The number of likely N-dealkylation sites (N-methyl/N-ethyl adjacent to an activating group) is 1. The van der Waals surface area contributed by atoms with E-state index in [0.717, 1.165) is 4.31 Å². The van der Waals surface area contributed by atoms with Crippen molar-refractivity contribution in [2.75, 3.05) is 25.6 Å². The van der Waals surface area contributed by atoms with E-state index in [4.69, 9.17) is 10.9 Å². The fourth-order valence-electron chi connectivity index (χ4n) is 1.16. The Labute approximate surface area is 94.7 Å². The van der Waals surface area contributed by atoms with Gasteiger partial charge in [0, 0.05) is 19.3 Å². The van der Waals surface area contributed by atoms with Crippen LogP contribution in [0.3, 0.4) is 0 Å². The zero-order chi connectivity index (χ0) is 12.2. The number of aliphatic hydroxyl groups excluding tert-OH is 1. The summed E-state index contributed by atoms with van der Waals surface area (Å²) < 4.78 is 24.9. The second-order valence-corrected chi connectivity index (χ2v) is 5.26. The lowest BCUT2D eigenvalue weighted by atomic mass is 10.3. The van der Waals surface area contributed by atoms with Gasteiger partial charge in [0.15, 0.2) is 0 Å².